The van der Waals surface area contributed by atoms with Crippen LogP contribution in [0.4, 0.5) is 0 Å². The van der Waals surface area contributed by atoms with Crippen LogP contribution in [-0.4, -0.2) is 7.11 Å². The molecule has 0 fully saturated rings. The van der Waals surface area contributed by atoms with Crippen molar-refractivity contribution in [3.63, 3.8) is 0 Å². The molecule has 1 unspecified atom stereocenters. The van der Waals surface area contributed by atoms with Gasteiger partial charge in [0.2, 0.25) is 0 Å². The standard InChI is InChI=1S/C17H19NO2S/c1-11(18-12(2)16-8-5-9-21-16)15-10-13-6-4-7-14(19-3)17(13)20-15/h4-12,18H,1-3H3/t11?,12-/m0/s1. The smallest absolute Gasteiger partial charge is 0.176 e. The summed E-state index contributed by atoms with van der Waals surface area (Å²) in [5, 5.41) is 6.75. The molecule has 2 heterocycles. The number of rotatable bonds is 5. The third-order valence-electron chi connectivity index (χ3n) is 3.64. The second-order valence-electron chi connectivity index (χ2n) is 5.15. The van der Waals surface area contributed by atoms with Gasteiger partial charge in [0.25, 0.3) is 0 Å². The highest BCUT2D eigenvalue weighted by molar-refractivity contribution is 7.10. The van der Waals surface area contributed by atoms with Crippen molar-refractivity contribution in [1.82, 2.24) is 5.32 Å². The summed E-state index contributed by atoms with van der Waals surface area (Å²) in [7, 11) is 1.66. The van der Waals surface area contributed by atoms with Crippen molar-refractivity contribution in [2.45, 2.75) is 25.9 Å². The van der Waals surface area contributed by atoms with Crippen LogP contribution in [0.2, 0.25) is 0 Å². The molecule has 3 aromatic rings. The van der Waals surface area contributed by atoms with Gasteiger partial charge < -0.3 is 14.5 Å². The summed E-state index contributed by atoms with van der Waals surface area (Å²) in [6, 6.07) is 12.7. The SMILES string of the molecule is COc1cccc2cc(C(C)N[C@@H](C)c3cccs3)oc12. The summed E-state index contributed by atoms with van der Waals surface area (Å²) in [4.78, 5) is 1.33. The van der Waals surface area contributed by atoms with E-state index >= 15 is 0 Å². The molecule has 0 radical (unpaired) electrons. The summed E-state index contributed by atoms with van der Waals surface area (Å²) in [5.74, 6) is 1.70. The Kier molecular flexibility index (Phi) is 3.99. The molecule has 1 N–H and O–H groups in total. The van der Waals surface area contributed by atoms with Crippen LogP contribution in [0.25, 0.3) is 11.0 Å². The number of benzene rings is 1. The molecule has 2 aromatic heterocycles. The van der Waals surface area contributed by atoms with Crippen LogP contribution in [0.3, 0.4) is 0 Å². The zero-order chi connectivity index (χ0) is 14.8. The number of hydrogen-bond acceptors (Lipinski definition) is 4. The molecule has 3 rings (SSSR count). The fourth-order valence-corrected chi connectivity index (χ4v) is 3.25. The predicted molar refractivity (Wildman–Crippen MR) is 87.1 cm³/mol. The first kappa shape index (κ1) is 14.2. The van der Waals surface area contributed by atoms with Gasteiger partial charge in [0.05, 0.1) is 13.2 Å². The summed E-state index contributed by atoms with van der Waals surface area (Å²) in [5.41, 5.74) is 0.812. The molecule has 0 saturated carbocycles. The van der Waals surface area contributed by atoms with Crippen LogP contribution >= 0.6 is 11.3 Å². The third-order valence-corrected chi connectivity index (χ3v) is 4.70. The van der Waals surface area contributed by atoms with E-state index in [2.05, 4.69) is 42.7 Å². The molecule has 0 bridgehead atoms. The number of methoxy groups -OCH3 is 1. The lowest BCUT2D eigenvalue weighted by Crippen LogP contribution is -2.21. The first-order valence-electron chi connectivity index (χ1n) is 7.05. The highest BCUT2D eigenvalue weighted by Crippen LogP contribution is 2.32. The Hall–Kier alpha value is -1.78. The third kappa shape index (κ3) is 2.82. The molecular formula is C17H19NO2S. The van der Waals surface area contributed by atoms with E-state index in [4.69, 9.17) is 9.15 Å². The van der Waals surface area contributed by atoms with Gasteiger partial charge in [-0.1, -0.05) is 18.2 Å². The normalized spacial score (nSPS) is 14.2. The number of para-hydroxylation sites is 1. The molecule has 21 heavy (non-hydrogen) atoms. The van der Waals surface area contributed by atoms with Crippen molar-refractivity contribution < 1.29 is 9.15 Å². The van der Waals surface area contributed by atoms with E-state index < -0.39 is 0 Å². The van der Waals surface area contributed by atoms with Crippen LogP contribution in [0.5, 0.6) is 5.75 Å². The van der Waals surface area contributed by atoms with Gasteiger partial charge in [-0.15, -0.1) is 11.3 Å². The minimum absolute atomic E-state index is 0.138. The van der Waals surface area contributed by atoms with Crippen LogP contribution in [0.1, 0.15) is 36.6 Å². The van der Waals surface area contributed by atoms with E-state index in [0.29, 0.717) is 6.04 Å². The second-order valence-corrected chi connectivity index (χ2v) is 6.13. The number of hydrogen-bond donors (Lipinski definition) is 1. The van der Waals surface area contributed by atoms with Gasteiger partial charge in [-0.3, -0.25) is 0 Å². The largest absolute Gasteiger partial charge is 0.493 e. The van der Waals surface area contributed by atoms with Gasteiger partial charge in [0, 0.05) is 16.3 Å². The van der Waals surface area contributed by atoms with Gasteiger partial charge >= 0.3 is 0 Å². The van der Waals surface area contributed by atoms with Crippen LogP contribution in [-0.2, 0) is 0 Å². The summed E-state index contributed by atoms with van der Waals surface area (Å²) >= 11 is 1.77. The molecule has 2 atom stereocenters. The maximum atomic E-state index is 5.99. The first-order valence-corrected chi connectivity index (χ1v) is 7.93. The fraction of sp³-hybridized carbons (Fsp3) is 0.294. The van der Waals surface area contributed by atoms with Gasteiger partial charge in [0.1, 0.15) is 5.76 Å². The number of nitrogens with one attached hydrogen (secondary N) is 1. The van der Waals surface area contributed by atoms with Gasteiger partial charge in [-0.25, -0.2) is 0 Å². The number of thiophene rings is 1. The molecule has 0 aliphatic rings. The Morgan fingerprint density at radius 1 is 1.14 bits per heavy atom. The lowest BCUT2D eigenvalue weighted by atomic mass is 10.2. The molecule has 3 nitrogen and oxygen atoms in total. The van der Waals surface area contributed by atoms with E-state index in [0.717, 1.165) is 22.5 Å². The second kappa shape index (κ2) is 5.92. The molecule has 0 aliphatic heterocycles. The Morgan fingerprint density at radius 2 is 2.00 bits per heavy atom. The molecule has 110 valence electrons. The molecule has 0 aliphatic carbocycles. The van der Waals surface area contributed by atoms with Gasteiger partial charge in [-0.05, 0) is 37.4 Å². The molecule has 1 aromatic carbocycles. The average molecular weight is 301 g/mol. The summed E-state index contributed by atoms with van der Waals surface area (Å²) in [6.07, 6.45) is 0. The maximum absolute atomic E-state index is 5.99. The quantitative estimate of drug-likeness (QED) is 0.726. The number of ether oxygens (including phenoxy) is 1. The van der Waals surface area contributed by atoms with Crippen LogP contribution in [0.15, 0.2) is 46.2 Å². The van der Waals surface area contributed by atoms with E-state index in [-0.39, 0.29) is 6.04 Å². The van der Waals surface area contributed by atoms with E-state index in [1.165, 1.54) is 4.88 Å². The molecular weight excluding hydrogens is 282 g/mol. The van der Waals surface area contributed by atoms with E-state index in [1.807, 2.05) is 18.2 Å². The summed E-state index contributed by atoms with van der Waals surface area (Å²) in [6.45, 7) is 4.29. The van der Waals surface area contributed by atoms with Crippen molar-refractivity contribution in [3.05, 3.63) is 52.4 Å². The highest BCUT2D eigenvalue weighted by Gasteiger charge is 2.16. The van der Waals surface area contributed by atoms with Crippen LogP contribution in [0, 0.1) is 0 Å². The molecule has 0 amide bonds. The number of furan rings is 1. The Labute approximate surface area is 128 Å². The fourth-order valence-electron chi connectivity index (χ4n) is 2.51. The lowest BCUT2D eigenvalue weighted by Gasteiger charge is -2.17. The van der Waals surface area contributed by atoms with Gasteiger partial charge in [-0.2, -0.15) is 0 Å². The van der Waals surface area contributed by atoms with Gasteiger partial charge in [0.15, 0.2) is 11.3 Å². The molecule has 4 heteroatoms. The average Bonchev–Trinajstić information content (AvgIpc) is 3.15. The Bertz CT molecular complexity index is 718. The molecule has 0 spiro atoms. The lowest BCUT2D eigenvalue weighted by molar-refractivity contribution is 0.392. The van der Waals surface area contributed by atoms with Crippen molar-refractivity contribution in [3.8, 4) is 5.75 Å². The van der Waals surface area contributed by atoms with E-state index in [9.17, 15) is 0 Å². The molecule has 0 saturated heterocycles. The predicted octanol–water partition coefficient (Wildman–Crippen LogP) is 4.91. The van der Waals surface area contributed by atoms with E-state index in [1.54, 1.807) is 18.4 Å². The van der Waals surface area contributed by atoms with Crippen LogP contribution < -0.4 is 10.1 Å². The first-order chi connectivity index (χ1) is 10.2. The summed E-state index contributed by atoms with van der Waals surface area (Å²) < 4.78 is 11.3. The van der Waals surface area contributed by atoms with Crippen molar-refractivity contribution in [2.75, 3.05) is 7.11 Å². The minimum atomic E-state index is 0.138. The zero-order valence-corrected chi connectivity index (χ0v) is 13.2. The Morgan fingerprint density at radius 3 is 2.71 bits per heavy atom. The van der Waals surface area contributed by atoms with Crippen molar-refractivity contribution in [2.24, 2.45) is 0 Å². The maximum Gasteiger partial charge on any atom is 0.176 e. The zero-order valence-electron chi connectivity index (χ0n) is 12.4. The van der Waals surface area contributed by atoms with Crippen molar-refractivity contribution in [1.29, 1.82) is 0 Å². The monoisotopic (exact) mass is 301 g/mol. The minimum Gasteiger partial charge on any atom is -0.493 e. The highest BCUT2D eigenvalue weighted by atomic mass is 32.1. The Balaban J connectivity index is 1.83. The number of fused-ring (bicyclic) bond motifs is 1. The van der Waals surface area contributed by atoms with Crippen molar-refractivity contribution >= 4 is 22.3 Å². The topological polar surface area (TPSA) is 34.4 Å².